The van der Waals surface area contributed by atoms with Gasteiger partial charge in [0.1, 0.15) is 0 Å². The number of carbonyl (C=O) groups excluding carboxylic acids is 2. The standard InChI is InChI=1S/C20H29N3O2/c1-2-19(24)23(17-9-5-3-6-10-17)18-11-15-22(16-12-18)20(25)21-13-7-4-8-14-21/h3,5-6,9-10,18H,2,4,7-8,11-16H2,1H3. The topological polar surface area (TPSA) is 43.9 Å². The fourth-order valence-corrected chi connectivity index (χ4v) is 3.92. The predicted octanol–water partition coefficient (Wildman–Crippen LogP) is 3.50. The molecule has 0 N–H and O–H groups in total. The van der Waals surface area contributed by atoms with E-state index in [0.29, 0.717) is 6.42 Å². The van der Waals surface area contributed by atoms with Crippen LogP contribution in [0.4, 0.5) is 10.5 Å². The minimum Gasteiger partial charge on any atom is -0.325 e. The molecule has 25 heavy (non-hydrogen) atoms. The largest absolute Gasteiger partial charge is 0.325 e. The molecule has 3 rings (SSSR count). The minimum atomic E-state index is 0.159. The van der Waals surface area contributed by atoms with Gasteiger partial charge in [-0.3, -0.25) is 4.79 Å². The first-order valence-electron chi connectivity index (χ1n) is 9.61. The maximum Gasteiger partial charge on any atom is 0.319 e. The Bertz CT molecular complexity index is 576. The van der Waals surface area contributed by atoms with Crippen molar-refractivity contribution >= 4 is 17.6 Å². The molecule has 2 aliphatic heterocycles. The number of anilines is 1. The second-order valence-corrected chi connectivity index (χ2v) is 7.00. The first kappa shape index (κ1) is 17.8. The molecule has 0 unspecified atom stereocenters. The third kappa shape index (κ3) is 4.14. The summed E-state index contributed by atoms with van der Waals surface area (Å²) in [5.41, 5.74) is 0.968. The molecular weight excluding hydrogens is 314 g/mol. The van der Waals surface area contributed by atoms with Gasteiger partial charge in [-0.05, 0) is 44.2 Å². The van der Waals surface area contributed by atoms with Crippen LogP contribution >= 0.6 is 0 Å². The molecule has 2 fully saturated rings. The Labute approximate surface area is 150 Å². The van der Waals surface area contributed by atoms with Gasteiger partial charge in [0.05, 0.1) is 0 Å². The van der Waals surface area contributed by atoms with Crippen LogP contribution in [0.5, 0.6) is 0 Å². The molecule has 0 radical (unpaired) electrons. The molecule has 0 spiro atoms. The summed E-state index contributed by atoms with van der Waals surface area (Å²) in [6.45, 7) is 5.17. The van der Waals surface area contributed by atoms with Crippen LogP contribution in [0, 0.1) is 0 Å². The molecule has 3 amide bonds. The van der Waals surface area contributed by atoms with Crippen LogP contribution in [0.25, 0.3) is 0 Å². The summed E-state index contributed by atoms with van der Waals surface area (Å²) < 4.78 is 0. The Balaban J connectivity index is 1.63. The van der Waals surface area contributed by atoms with E-state index in [0.717, 1.165) is 57.5 Å². The van der Waals surface area contributed by atoms with Crippen LogP contribution < -0.4 is 4.90 Å². The maximum atomic E-state index is 12.7. The third-order valence-corrected chi connectivity index (χ3v) is 5.33. The third-order valence-electron chi connectivity index (χ3n) is 5.33. The zero-order chi connectivity index (χ0) is 17.6. The van der Waals surface area contributed by atoms with Gasteiger partial charge >= 0.3 is 6.03 Å². The smallest absolute Gasteiger partial charge is 0.319 e. The maximum absolute atomic E-state index is 12.7. The molecule has 0 saturated carbocycles. The number of urea groups is 1. The van der Waals surface area contributed by atoms with E-state index in [4.69, 9.17) is 0 Å². The highest BCUT2D eigenvalue weighted by molar-refractivity contribution is 5.93. The van der Waals surface area contributed by atoms with Gasteiger partial charge in [0.25, 0.3) is 0 Å². The number of piperidine rings is 2. The van der Waals surface area contributed by atoms with E-state index >= 15 is 0 Å². The SMILES string of the molecule is CCC(=O)N(c1ccccc1)C1CCN(C(=O)N2CCCCC2)CC1. The minimum absolute atomic E-state index is 0.159. The highest BCUT2D eigenvalue weighted by Gasteiger charge is 2.31. The van der Waals surface area contributed by atoms with Crippen molar-refractivity contribution in [2.45, 2.75) is 51.5 Å². The lowest BCUT2D eigenvalue weighted by atomic mass is 10.0. The number of benzene rings is 1. The van der Waals surface area contributed by atoms with E-state index in [1.54, 1.807) is 0 Å². The molecule has 1 aromatic rings. The number of amides is 3. The van der Waals surface area contributed by atoms with Gasteiger partial charge in [0.15, 0.2) is 0 Å². The monoisotopic (exact) mass is 343 g/mol. The highest BCUT2D eigenvalue weighted by Crippen LogP contribution is 2.25. The van der Waals surface area contributed by atoms with Crippen LogP contribution in [0.1, 0.15) is 45.4 Å². The summed E-state index contributed by atoms with van der Waals surface area (Å²) in [5, 5.41) is 0. The lowest BCUT2D eigenvalue weighted by Crippen LogP contribution is -2.52. The van der Waals surface area contributed by atoms with E-state index in [1.165, 1.54) is 6.42 Å². The van der Waals surface area contributed by atoms with E-state index in [-0.39, 0.29) is 18.0 Å². The van der Waals surface area contributed by atoms with Crippen LogP contribution in [-0.2, 0) is 4.79 Å². The normalized spacial score (nSPS) is 18.9. The molecule has 2 aliphatic rings. The van der Waals surface area contributed by atoms with Crippen molar-refractivity contribution in [3.05, 3.63) is 30.3 Å². The second kappa shape index (κ2) is 8.37. The average molecular weight is 343 g/mol. The zero-order valence-corrected chi connectivity index (χ0v) is 15.2. The molecule has 0 atom stereocenters. The Morgan fingerprint density at radius 1 is 0.960 bits per heavy atom. The van der Waals surface area contributed by atoms with Crippen LogP contribution in [0.2, 0.25) is 0 Å². The summed E-state index contributed by atoms with van der Waals surface area (Å²) >= 11 is 0. The second-order valence-electron chi connectivity index (χ2n) is 7.00. The van der Waals surface area contributed by atoms with Gasteiger partial charge in [-0.15, -0.1) is 0 Å². The summed E-state index contributed by atoms with van der Waals surface area (Å²) in [7, 11) is 0. The average Bonchev–Trinajstić information content (AvgIpc) is 2.69. The Morgan fingerprint density at radius 3 is 2.16 bits per heavy atom. The Kier molecular flexibility index (Phi) is 5.95. The van der Waals surface area contributed by atoms with Crippen molar-refractivity contribution in [3.8, 4) is 0 Å². The number of para-hydroxylation sites is 1. The van der Waals surface area contributed by atoms with Crippen molar-refractivity contribution in [2.24, 2.45) is 0 Å². The van der Waals surface area contributed by atoms with Gasteiger partial charge in [-0.25, -0.2) is 4.79 Å². The molecule has 2 heterocycles. The molecule has 136 valence electrons. The van der Waals surface area contributed by atoms with Crippen LogP contribution in [0.3, 0.4) is 0 Å². The number of carbonyl (C=O) groups is 2. The summed E-state index contributed by atoms with van der Waals surface area (Å²) in [5.74, 6) is 0.159. The van der Waals surface area contributed by atoms with Crippen LogP contribution in [-0.4, -0.2) is 54.0 Å². The molecule has 1 aromatic carbocycles. The molecule has 0 aromatic heterocycles. The van der Waals surface area contributed by atoms with E-state index in [2.05, 4.69) is 0 Å². The lowest BCUT2D eigenvalue weighted by Gasteiger charge is -2.40. The predicted molar refractivity (Wildman–Crippen MR) is 99.6 cm³/mol. The van der Waals surface area contributed by atoms with Gasteiger partial charge in [0.2, 0.25) is 5.91 Å². The number of likely N-dealkylation sites (tertiary alicyclic amines) is 2. The van der Waals surface area contributed by atoms with Gasteiger partial charge in [-0.2, -0.15) is 0 Å². The summed E-state index contributed by atoms with van der Waals surface area (Å²) in [4.78, 5) is 31.1. The fourth-order valence-electron chi connectivity index (χ4n) is 3.92. The number of hydrogen-bond donors (Lipinski definition) is 0. The molecule has 0 bridgehead atoms. The molecule has 5 heteroatoms. The van der Waals surface area contributed by atoms with Gasteiger partial charge < -0.3 is 14.7 Å². The Hall–Kier alpha value is -2.04. The molecule has 2 saturated heterocycles. The molecule has 0 aliphatic carbocycles. The van der Waals surface area contributed by atoms with Crippen molar-refractivity contribution in [1.82, 2.24) is 9.80 Å². The van der Waals surface area contributed by atoms with E-state index in [9.17, 15) is 9.59 Å². The van der Waals surface area contributed by atoms with E-state index in [1.807, 2.05) is 52.0 Å². The zero-order valence-electron chi connectivity index (χ0n) is 15.2. The van der Waals surface area contributed by atoms with E-state index < -0.39 is 0 Å². The lowest BCUT2D eigenvalue weighted by molar-refractivity contribution is -0.119. The number of nitrogens with zero attached hydrogens (tertiary/aromatic N) is 3. The van der Waals surface area contributed by atoms with Crippen molar-refractivity contribution in [2.75, 3.05) is 31.1 Å². The summed E-state index contributed by atoms with van der Waals surface area (Å²) in [6, 6.07) is 10.3. The number of rotatable bonds is 3. The van der Waals surface area contributed by atoms with Crippen molar-refractivity contribution in [3.63, 3.8) is 0 Å². The van der Waals surface area contributed by atoms with Crippen LogP contribution in [0.15, 0.2) is 30.3 Å². The summed E-state index contributed by atoms with van der Waals surface area (Å²) in [6.07, 6.45) is 5.67. The quantitative estimate of drug-likeness (QED) is 0.843. The van der Waals surface area contributed by atoms with Gasteiger partial charge in [-0.1, -0.05) is 25.1 Å². The fraction of sp³-hybridized carbons (Fsp3) is 0.600. The molecular formula is C20H29N3O2. The van der Waals surface area contributed by atoms with Crippen molar-refractivity contribution < 1.29 is 9.59 Å². The highest BCUT2D eigenvalue weighted by atomic mass is 16.2. The van der Waals surface area contributed by atoms with Gasteiger partial charge in [0, 0.05) is 44.3 Å². The number of hydrogen-bond acceptors (Lipinski definition) is 2. The first-order valence-corrected chi connectivity index (χ1v) is 9.61. The first-order chi connectivity index (χ1) is 12.2. The Morgan fingerprint density at radius 2 is 1.56 bits per heavy atom. The molecule has 5 nitrogen and oxygen atoms in total. The van der Waals surface area contributed by atoms with Crippen molar-refractivity contribution in [1.29, 1.82) is 0 Å².